The highest BCUT2D eigenvalue weighted by Gasteiger charge is 2.36. The van der Waals surface area contributed by atoms with E-state index in [1.54, 1.807) is 64.4 Å². The average molecular weight is 1900 g/mol. The van der Waals surface area contributed by atoms with E-state index in [4.69, 9.17) is 23.2 Å². The highest BCUT2D eigenvalue weighted by atomic mass is 35.5. The number of hydrogen-bond acceptors (Lipinski definition) is 8. The molecule has 0 bridgehead atoms. The van der Waals surface area contributed by atoms with E-state index in [1.807, 2.05) is 167 Å². The Bertz CT molecular complexity index is 8370. The van der Waals surface area contributed by atoms with Crippen molar-refractivity contribution in [3.63, 3.8) is 0 Å². The molecular formula is C106H93Cl2F3N12O15. The van der Waals surface area contributed by atoms with E-state index in [0.29, 0.717) is 128 Å². The van der Waals surface area contributed by atoms with E-state index in [9.17, 15) is 87.6 Å². The third-order valence-electron chi connectivity index (χ3n) is 25.1. The number of rotatable bonds is 23. The zero-order valence-corrected chi connectivity index (χ0v) is 77.6. The van der Waals surface area contributed by atoms with Gasteiger partial charge in [-0.15, -0.1) is 0 Å². The van der Waals surface area contributed by atoms with Gasteiger partial charge in [-0.05, 0) is 208 Å². The fraction of sp³-hybridized carbons (Fsp3) is 0.179. The highest BCUT2D eigenvalue weighted by molar-refractivity contribution is 6.36. The van der Waals surface area contributed by atoms with Gasteiger partial charge in [0.1, 0.15) is 59.0 Å². The van der Waals surface area contributed by atoms with E-state index < -0.39 is 59.2 Å². The number of carboxylic acids is 7. The molecule has 0 aliphatic heterocycles. The molecule has 0 unspecified atom stereocenters. The first kappa shape index (κ1) is 93.6. The minimum absolute atomic E-state index is 0.00883. The summed E-state index contributed by atoms with van der Waals surface area (Å²) in [6.45, 7) is 21.2. The van der Waals surface area contributed by atoms with E-state index in [1.165, 1.54) is 42.5 Å². The number of nitrogens with one attached hydrogen (secondary N) is 10. The summed E-state index contributed by atoms with van der Waals surface area (Å²) in [7, 11) is 0. The van der Waals surface area contributed by atoms with Crippen molar-refractivity contribution < 1.29 is 87.6 Å². The molecule has 0 spiro atoms. The lowest BCUT2D eigenvalue weighted by molar-refractivity contribution is -0.138. The summed E-state index contributed by atoms with van der Waals surface area (Å²) in [5.41, 5.74) is 20.4. The molecule has 0 fully saturated rings. The normalized spacial score (nSPS) is 11.8. The number of hydrogen-bond donors (Lipinski definition) is 18. The van der Waals surface area contributed by atoms with Crippen molar-refractivity contribution in [3.8, 4) is 89.5 Å². The monoisotopic (exact) mass is 1900 g/mol. The van der Waals surface area contributed by atoms with Crippen molar-refractivity contribution >= 4 is 152 Å². The quantitative estimate of drug-likeness (QED) is 0.0283. The number of aliphatic carboxylic acids is 2. The predicted molar refractivity (Wildman–Crippen MR) is 530 cm³/mol. The van der Waals surface area contributed by atoms with Crippen molar-refractivity contribution in [1.82, 2.24) is 59.0 Å². The number of aromatic carboxylic acids is 5. The van der Waals surface area contributed by atoms with Crippen LogP contribution in [0.25, 0.3) is 177 Å². The molecule has 702 valence electrons. The molecule has 12 aromatic heterocycles. The SMILES string of the molecule is CC(C)c1c(-c2cc(F)cc3[nH]ccc23)[nH]c(C(=O)O)c1-c1c(Cl)ccc2[nH]c(C(=O)O)cc12.CC(C)c1c(-c2cccc3[nH]c(CO)cc23)[nH]c(C(=O)O)c1-c1c(Cl)ccc2[nH]ccc12.CC(C)c1cc(-c2c(C(=O)O)[nH]c(-c3cc(F)cc4[nH]ccc34)c2C(C)C)c2ccn(CC(=O)O)c2c1.Cc1cc(-c2c(C(=O)O)[nH]c(-c3cc(F)cc4[nH]ccc34)c2C(C)C)c2ccn(CC(=O)O)c2c1. The molecular weight excluding hydrogens is 1810 g/mol. The maximum Gasteiger partial charge on any atom is 0.352 e. The summed E-state index contributed by atoms with van der Waals surface area (Å²) in [6, 6.07) is 43.3. The first-order valence-electron chi connectivity index (χ1n) is 44.3. The van der Waals surface area contributed by atoms with Gasteiger partial charge in [0, 0.05) is 196 Å². The number of fused-ring (bicyclic) bond motifs is 8. The number of halogens is 5. The zero-order chi connectivity index (χ0) is 98.5. The minimum atomic E-state index is -1.22. The first-order valence-corrected chi connectivity index (χ1v) is 45.0. The molecule has 0 saturated carbocycles. The van der Waals surface area contributed by atoms with Crippen LogP contribution in [0.1, 0.15) is 190 Å². The lowest BCUT2D eigenvalue weighted by atomic mass is 9.87. The van der Waals surface area contributed by atoms with E-state index in [2.05, 4.69) is 49.8 Å². The molecule has 18 N–H and O–H groups in total. The summed E-state index contributed by atoms with van der Waals surface area (Å²) in [5, 5.41) is 85.4. The summed E-state index contributed by atoms with van der Waals surface area (Å²) < 4.78 is 47.0. The molecule has 0 atom stereocenters. The summed E-state index contributed by atoms with van der Waals surface area (Å²) in [5.74, 6) is -9.18. The number of carboxylic acid groups (broad SMARTS) is 7. The highest BCUT2D eigenvalue weighted by Crippen LogP contribution is 2.52. The number of carbonyl (C=O) groups is 7. The molecule has 27 nitrogen and oxygen atoms in total. The summed E-state index contributed by atoms with van der Waals surface area (Å²) in [4.78, 5) is 115. The van der Waals surface area contributed by atoms with Crippen LogP contribution in [0, 0.1) is 24.4 Å². The number of aromatic amines is 10. The van der Waals surface area contributed by atoms with Gasteiger partial charge in [-0.25, -0.2) is 37.1 Å². The molecule has 12 heterocycles. The van der Waals surface area contributed by atoms with Crippen LogP contribution in [0.5, 0.6) is 0 Å². The standard InChI is InChI=1S/C29H28FN3O4.C27H24FN3O4.C25H19ClFN3O4.C25H22ClN3O3/c1-14(2)16-9-20(19-6-8-33(13-24(34)35)23(19)10-16)26-25(15(3)4)27(32-28(26)29(36)37)21-11-17(30)12-22-18(21)5-7-31-22;1-13(2)23-24(18-8-14(3)9-21-17(18)5-7-31(21)12-22(32)33)26(27(34)35)30-25(23)19-10-15(28)11-20-16(19)4-6-29-20;1-10(2)19-21(20-14-9-18(24(31)32)29-16(14)4-3-15(20)26)23(25(33)34)30-22(19)13-7-11(27)8-17-12(13)5-6-28-17;1-12(2)20-22(21-15-8-9-27-18(15)7-6-17(21)26)24(25(31)32)29-23(20)14-4-3-5-19-16(14)10-13(11-30)28-19/h5-12,14-15,31-32H,13H2,1-4H3,(H,34,35)(H,36,37);4-11,13,29-30H,12H2,1-3H3,(H,32,33)(H,34,35);3-10,28-30H,1-2H3,(H,31,32)(H,33,34);3-10,12,27-30H,11H2,1-2H3,(H,31,32). The number of nitrogens with zero attached hydrogens (tertiary/aromatic N) is 2. The summed E-state index contributed by atoms with van der Waals surface area (Å²) in [6.07, 6.45) is 10.4. The van der Waals surface area contributed by atoms with Gasteiger partial charge in [-0.1, -0.05) is 117 Å². The third-order valence-corrected chi connectivity index (χ3v) is 25.7. The Balaban J connectivity index is 0.000000127. The number of aliphatic hydroxyl groups excluding tert-OH is 1. The Kier molecular flexibility index (Phi) is 25.0. The molecule has 32 heteroatoms. The first-order chi connectivity index (χ1) is 65.8. The Morgan fingerprint density at radius 2 is 0.717 bits per heavy atom. The number of aliphatic hydroxyl groups is 1. The zero-order valence-electron chi connectivity index (χ0n) is 76.1. The predicted octanol–water partition coefficient (Wildman–Crippen LogP) is 26.0. The van der Waals surface area contributed by atoms with Crippen LogP contribution in [0.3, 0.4) is 0 Å². The number of aryl methyl sites for hydroxylation is 1. The third kappa shape index (κ3) is 17.0. The number of aromatic nitrogens is 12. The van der Waals surface area contributed by atoms with Crippen LogP contribution in [0.2, 0.25) is 10.0 Å². The van der Waals surface area contributed by atoms with Gasteiger partial charge in [0.25, 0.3) is 0 Å². The van der Waals surface area contributed by atoms with Crippen molar-refractivity contribution in [2.45, 2.75) is 125 Å². The van der Waals surface area contributed by atoms with Crippen LogP contribution in [-0.4, -0.2) is 142 Å². The molecule has 8 aromatic carbocycles. The van der Waals surface area contributed by atoms with E-state index in [0.717, 1.165) is 93.3 Å². The Morgan fingerprint density at radius 3 is 1.13 bits per heavy atom. The lowest BCUT2D eigenvalue weighted by Crippen LogP contribution is -2.07. The van der Waals surface area contributed by atoms with Gasteiger partial charge in [0.05, 0.1) is 29.4 Å². The second-order valence-corrected chi connectivity index (χ2v) is 36.5. The largest absolute Gasteiger partial charge is 0.480 e. The van der Waals surface area contributed by atoms with Gasteiger partial charge < -0.3 is 99.8 Å². The van der Waals surface area contributed by atoms with Crippen LogP contribution < -0.4 is 0 Å². The van der Waals surface area contributed by atoms with Gasteiger partial charge in [0.2, 0.25) is 0 Å². The van der Waals surface area contributed by atoms with E-state index >= 15 is 0 Å². The van der Waals surface area contributed by atoms with Crippen molar-refractivity contribution in [2.75, 3.05) is 0 Å². The van der Waals surface area contributed by atoms with Crippen LogP contribution in [0.15, 0.2) is 189 Å². The Hall–Kier alpha value is -16.2. The Labute approximate surface area is 793 Å². The maximum absolute atomic E-state index is 14.6. The number of H-pyrrole nitrogens is 10. The van der Waals surface area contributed by atoms with Gasteiger partial charge in [-0.3, -0.25) is 9.59 Å². The second kappa shape index (κ2) is 36.9. The summed E-state index contributed by atoms with van der Waals surface area (Å²) >= 11 is 13.3. The molecule has 20 rings (SSSR count). The van der Waals surface area contributed by atoms with Crippen LogP contribution in [0.4, 0.5) is 13.2 Å². The second-order valence-electron chi connectivity index (χ2n) is 35.7. The number of benzene rings is 8. The van der Waals surface area contributed by atoms with Crippen molar-refractivity contribution in [2.24, 2.45) is 0 Å². The molecule has 0 radical (unpaired) electrons. The van der Waals surface area contributed by atoms with Crippen LogP contribution in [-0.2, 0) is 29.3 Å². The fourth-order valence-corrected chi connectivity index (χ4v) is 20.0. The Morgan fingerprint density at radius 1 is 0.333 bits per heavy atom. The van der Waals surface area contributed by atoms with Gasteiger partial charge >= 0.3 is 41.8 Å². The smallest absolute Gasteiger partial charge is 0.352 e. The molecule has 20 aromatic rings. The fourth-order valence-electron chi connectivity index (χ4n) is 19.4. The molecule has 0 aliphatic carbocycles. The minimum Gasteiger partial charge on any atom is -0.480 e. The molecule has 0 amide bonds. The average Bonchev–Trinajstić information content (AvgIpc) is 1.58. The lowest BCUT2D eigenvalue weighted by Gasteiger charge is -2.16. The van der Waals surface area contributed by atoms with Gasteiger partial charge in [-0.2, -0.15) is 0 Å². The van der Waals surface area contributed by atoms with Crippen molar-refractivity contribution in [1.29, 1.82) is 0 Å². The van der Waals surface area contributed by atoms with Crippen molar-refractivity contribution in [3.05, 3.63) is 284 Å². The molecule has 0 aliphatic rings. The molecule has 138 heavy (non-hydrogen) atoms. The van der Waals surface area contributed by atoms with Gasteiger partial charge in [0.15, 0.2) is 0 Å². The van der Waals surface area contributed by atoms with E-state index in [-0.39, 0.29) is 82.8 Å². The topological polar surface area (TPSA) is 449 Å². The molecule has 0 saturated heterocycles. The van der Waals surface area contributed by atoms with Crippen LogP contribution >= 0.6 is 23.2 Å². The maximum atomic E-state index is 14.6.